The van der Waals surface area contributed by atoms with Crippen molar-refractivity contribution >= 4 is 37.0 Å². The highest BCUT2D eigenvalue weighted by molar-refractivity contribution is 7.52. The number of hydrogen-bond donors (Lipinski definition) is 2. The number of nitrogen functional groups attached to an aromatic ring is 1. The van der Waals surface area contributed by atoms with Gasteiger partial charge in [-0.3, -0.25) is 18.9 Å². The first-order valence-corrected chi connectivity index (χ1v) is 15.4. The smallest absolute Gasteiger partial charge is 0.459 e. The minimum absolute atomic E-state index is 0.162. The van der Waals surface area contributed by atoms with Crippen LogP contribution in [-0.4, -0.2) is 70.1 Å². The first kappa shape index (κ1) is 32.9. The molecule has 1 aromatic carbocycles. The molecule has 0 saturated carbocycles. The van der Waals surface area contributed by atoms with E-state index in [1.807, 2.05) is 6.92 Å². The number of nitrogens with two attached hydrogens (primary N) is 1. The predicted octanol–water partition coefficient (Wildman–Crippen LogP) is 2.93. The number of anilines is 1. The third kappa shape index (κ3) is 7.02. The Balaban J connectivity index is 1.71. The highest BCUT2D eigenvalue weighted by atomic mass is 31.2. The number of nitrogens with one attached hydrogen (secondary N) is 1. The van der Waals surface area contributed by atoms with Gasteiger partial charge in [-0.05, 0) is 44.5 Å². The molecule has 3 heterocycles. The first-order valence-electron chi connectivity index (χ1n) is 13.9. The fraction of sp³-hybridized carbons (Fsp3) is 0.464. The van der Waals surface area contributed by atoms with E-state index in [-0.39, 0.29) is 30.5 Å². The number of ether oxygens (including phenoxy) is 4. The molecule has 1 fully saturated rings. The van der Waals surface area contributed by atoms with Crippen LogP contribution in [0.3, 0.4) is 0 Å². The molecule has 0 amide bonds. The molecule has 1 saturated heterocycles. The second kappa shape index (κ2) is 13.3. The van der Waals surface area contributed by atoms with Crippen molar-refractivity contribution in [1.29, 1.82) is 0 Å². The summed E-state index contributed by atoms with van der Waals surface area (Å²) >= 11 is 0. The third-order valence-electron chi connectivity index (χ3n) is 6.76. The van der Waals surface area contributed by atoms with E-state index in [0.29, 0.717) is 11.9 Å². The number of rotatable bonds is 13. The number of esters is 3. The van der Waals surface area contributed by atoms with Crippen LogP contribution in [0.2, 0.25) is 0 Å². The van der Waals surface area contributed by atoms with Crippen LogP contribution in [0.1, 0.15) is 46.7 Å². The van der Waals surface area contributed by atoms with Gasteiger partial charge in [-0.1, -0.05) is 25.1 Å². The number of fused-ring (bicyclic) bond motifs is 1. The molecule has 5 atom stereocenters. The number of carbonyl (C=O) groups excluding carboxylic acids is 3. The lowest BCUT2D eigenvalue weighted by Crippen LogP contribution is -2.54. The fourth-order valence-electron chi connectivity index (χ4n) is 4.83. The first-order chi connectivity index (χ1) is 20.8. The minimum atomic E-state index is -4.34. The number of nitrogens with zero attached hydrogens (tertiary/aromatic N) is 3. The maximum absolute atomic E-state index is 14.1. The maximum atomic E-state index is 14.1. The van der Waals surface area contributed by atoms with Gasteiger partial charge in [0.15, 0.2) is 11.9 Å². The second-order valence-electron chi connectivity index (χ2n) is 10.4. The second-order valence-corrected chi connectivity index (χ2v) is 12.1. The van der Waals surface area contributed by atoms with Crippen molar-refractivity contribution in [2.45, 2.75) is 64.4 Å². The van der Waals surface area contributed by atoms with E-state index in [2.05, 4.69) is 15.2 Å². The lowest BCUT2D eigenvalue weighted by atomic mass is 9.86. The normalized spacial score (nSPS) is 23.4. The van der Waals surface area contributed by atoms with E-state index in [4.69, 9.17) is 33.7 Å². The molecule has 0 spiro atoms. The van der Waals surface area contributed by atoms with Gasteiger partial charge < -0.3 is 29.2 Å². The van der Waals surface area contributed by atoms with Crippen LogP contribution in [0.5, 0.6) is 5.75 Å². The van der Waals surface area contributed by atoms with Crippen LogP contribution < -0.4 is 15.3 Å². The molecule has 0 unspecified atom stereocenters. The molecule has 3 N–H and O–H groups in total. The van der Waals surface area contributed by atoms with Crippen molar-refractivity contribution < 1.29 is 46.9 Å². The highest BCUT2D eigenvalue weighted by Gasteiger charge is 2.64. The Morgan fingerprint density at radius 1 is 1.18 bits per heavy atom. The Bertz CT molecular complexity index is 1550. The number of para-hydroxylation sites is 1. The topological polar surface area (TPSA) is 192 Å². The highest BCUT2D eigenvalue weighted by Crippen LogP contribution is 2.50. The number of aromatic nitrogens is 3. The predicted molar refractivity (Wildman–Crippen MR) is 155 cm³/mol. The summed E-state index contributed by atoms with van der Waals surface area (Å²) in [5.74, 6) is -1.73. The van der Waals surface area contributed by atoms with Crippen molar-refractivity contribution in [2.24, 2.45) is 0 Å². The lowest BCUT2D eigenvalue weighted by molar-refractivity contribution is -0.186. The van der Waals surface area contributed by atoms with Crippen LogP contribution in [0.25, 0.3) is 5.52 Å². The summed E-state index contributed by atoms with van der Waals surface area (Å²) in [5.41, 5.74) is 3.40. The molecule has 0 radical (unpaired) electrons. The van der Waals surface area contributed by atoms with Crippen LogP contribution >= 0.6 is 7.75 Å². The molecule has 1 aliphatic heterocycles. The van der Waals surface area contributed by atoms with Crippen molar-refractivity contribution in [3.8, 4) is 5.75 Å². The van der Waals surface area contributed by atoms with Gasteiger partial charge in [0.25, 0.3) is 0 Å². The number of benzene rings is 1. The van der Waals surface area contributed by atoms with Gasteiger partial charge in [-0.15, -0.1) is 0 Å². The van der Waals surface area contributed by atoms with Gasteiger partial charge in [-0.25, -0.2) is 14.1 Å². The van der Waals surface area contributed by atoms with E-state index >= 15 is 0 Å². The van der Waals surface area contributed by atoms with E-state index in [1.54, 1.807) is 42.5 Å². The van der Waals surface area contributed by atoms with Gasteiger partial charge >= 0.3 is 25.7 Å². The summed E-state index contributed by atoms with van der Waals surface area (Å²) < 4.78 is 50.1. The zero-order valence-electron chi connectivity index (χ0n) is 25.1. The fourth-order valence-corrected chi connectivity index (χ4v) is 6.42. The van der Waals surface area contributed by atoms with Gasteiger partial charge in [0.2, 0.25) is 5.60 Å². The van der Waals surface area contributed by atoms with Gasteiger partial charge in [-0.2, -0.15) is 10.2 Å². The molecule has 15 nitrogen and oxygen atoms in total. The maximum Gasteiger partial charge on any atom is 0.459 e. The van der Waals surface area contributed by atoms with Gasteiger partial charge in [0.1, 0.15) is 29.2 Å². The van der Waals surface area contributed by atoms with Crippen molar-refractivity contribution in [2.75, 3.05) is 25.6 Å². The monoisotopic (exact) mass is 633 g/mol. The van der Waals surface area contributed by atoms with E-state index < -0.39 is 55.6 Å². The zero-order chi connectivity index (χ0) is 32.1. The molecule has 16 heteroatoms. The van der Waals surface area contributed by atoms with Crippen LogP contribution in [0.4, 0.5) is 5.82 Å². The largest absolute Gasteiger partial charge is 0.465 e. The SMILES string of the molecule is CCCOC(=O)[C@H](C)N[P@](=O)(OC[C@@]1(C)OC[C@](OC(C)=O)(c2ccc3c(N)ncnn23)[C@@H]1OC(C)=O)Oc1ccccc1. The van der Waals surface area contributed by atoms with Gasteiger partial charge in [0, 0.05) is 13.8 Å². The van der Waals surface area contributed by atoms with E-state index in [0.717, 1.165) is 0 Å². The quantitative estimate of drug-likeness (QED) is 0.159. The molecular formula is C28H36N5O10P. The Labute approximate surface area is 253 Å². The van der Waals surface area contributed by atoms with Crippen LogP contribution in [-0.2, 0) is 48.0 Å². The molecule has 2 aromatic heterocycles. The molecule has 3 aromatic rings. The average Bonchev–Trinajstić information content (AvgIpc) is 3.52. The molecule has 238 valence electrons. The van der Waals surface area contributed by atoms with Crippen molar-refractivity contribution in [1.82, 2.24) is 19.7 Å². The molecule has 4 rings (SSSR count). The summed E-state index contributed by atoms with van der Waals surface area (Å²) in [6.07, 6.45) is 0.477. The Hall–Kier alpha value is -4.04. The summed E-state index contributed by atoms with van der Waals surface area (Å²) in [7, 11) is -4.34. The number of carbonyl (C=O) groups is 3. The lowest BCUT2D eigenvalue weighted by Gasteiger charge is -2.37. The zero-order valence-corrected chi connectivity index (χ0v) is 25.9. The van der Waals surface area contributed by atoms with Crippen LogP contribution in [0, 0.1) is 0 Å². The van der Waals surface area contributed by atoms with E-state index in [1.165, 1.54) is 38.5 Å². The molecular weight excluding hydrogens is 597 g/mol. The standard InChI is InChI=1S/C28H36N5O10P/c1-6-14-38-25(36)18(2)32-44(37,43-21-10-8-7-9-11-21)40-15-27(5)26(41-19(3)34)28(16-39-27,42-20(4)35)23-13-12-22-24(29)30-17-31-33(22)23/h7-13,17-18,26H,6,14-16H2,1-5H3,(H,32,37)(H2,29,30,31)/t18-,26+,27+,28-,44-/m0/s1. The molecule has 0 aliphatic carbocycles. The Morgan fingerprint density at radius 3 is 2.57 bits per heavy atom. The molecule has 0 bridgehead atoms. The summed E-state index contributed by atoms with van der Waals surface area (Å²) in [4.78, 5) is 41.4. The summed E-state index contributed by atoms with van der Waals surface area (Å²) in [6, 6.07) is 10.3. The third-order valence-corrected chi connectivity index (χ3v) is 8.39. The van der Waals surface area contributed by atoms with Crippen molar-refractivity contribution in [3.05, 3.63) is 54.5 Å². The number of hydrogen-bond acceptors (Lipinski definition) is 13. The minimum Gasteiger partial charge on any atom is -0.465 e. The molecule has 44 heavy (non-hydrogen) atoms. The summed E-state index contributed by atoms with van der Waals surface area (Å²) in [6.45, 7) is 6.57. The van der Waals surface area contributed by atoms with Gasteiger partial charge in [0.05, 0.1) is 25.5 Å². The van der Waals surface area contributed by atoms with E-state index in [9.17, 15) is 18.9 Å². The average molecular weight is 634 g/mol. The van der Waals surface area contributed by atoms with Crippen molar-refractivity contribution in [3.63, 3.8) is 0 Å². The molecule has 1 aliphatic rings. The Kier molecular flexibility index (Phi) is 9.94. The Morgan fingerprint density at radius 2 is 1.91 bits per heavy atom. The van der Waals surface area contributed by atoms with Crippen LogP contribution in [0.15, 0.2) is 48.8 Å². The summed E-state index contributed by atoms with van der Waals surface area (Å²) in [5, 5.41) is 6.86.